The molecule has 0 amide bonds. The van der Waals surface area contributed by atoms with Gasteiger partial charge in [0.05, 0.1) is 20.1 Å². The summed E-state index contributed by atoms with van der Waals surface area (Å²) in [6, 6.07) is 12.0. The number of rotatable bonds is 3. The lowest BCUT2D eigenvalue weighted by atomic mass is 9.89. The fraction of sp³-hybridized carbons (Fsp3) is 0.278. The van der Waals surface area contributed by atoms with Crippen molar-refractivity contribution in [3.63, 3.8) is 0 Å². The Morgan fingerprint density at radius 2 is 1.81 bits per heavy atom. The fourth-order valence-corrected chi connectivity index (χ4v) is 3.19. The molecular formula is C18H18O3. The van der Waals surface area contributed by atoms with Gasteiger partial charge in [-0.3, -0.25) is 0 Å². The molecule has 0 aliphatic heterocycles. The summed E-state index contributed by atoms with van der Waals surface area (Å²) in [6.45, 7) is 0. The molecule has 3 nitrogen and oxygen atoms in total. The number of hydrogen-bond acceptors (Lipinski definition) is 3. The van der Waals surface area contributed by atoms with Crippen molar-refractivity contribution in [2.24, 2.45) is 0 Å². The number of carbonyl (C=O) groups excluding carboxylic acids is 1. The van der Waals surface area contributed by atoms with Crippen LogP contribution in [-0.2, 0) is 17.6 Å². The Hall–Kier alpha value is -2.29. The number of aryl methyl sites for hydroxylation is 1. The molecule has 0 spiro atoms. The SMILES string of the molecule is COc1ccc2c(c1OC)CCc1ccccc1[C@H]2C=O. The van der Waals surface area contributed by atoms with Crippen LogP contribution in [0, 0.1) is 0 Å². The molecule has 3 rings (SSSR count). The summed E-state index contributed by atoms with van der Waals surface area (Å²) in [5, 5.41) is 0. The van der Waals surface area contributed by atoms with E-state index in [-0.39, 0.29) is 5.92 Å². The highest BCUT2D eigenvalue weighted by Crippen LogP contribution is 2.41. The number of carbonyl (C=O) groups is 1. The minimum atomic E-state index is -0.237. The monoisotopic (exact) mass is 282 g/mol. The molecule has 0 N–H and O–H groups in total. The van der Waals surface area contributed by atoms with Gasteiger partial charge in [0, 0.05) is 5.56 Å². The summed E-state index contributed by atoms with van der Waals surface area (Å²) < 4.78 is 10.9. The van der Waals surface area contributed by atoms with Crippen LogP contribution in [0.2, 0.25) is 0 Å². The molecule has 0 fully saturated rings. The van der Waals surface area contributed by atoms with E-state index in [9.17, 15) is 4.79 Å². The van der Waals surface area contributed by atoms with Gasteiger partial charge in [-0.1, -0.05) is 30.3 Å². The van der Waals surface area contributed by atoms with Gasteiger partial charge in [-0.15, -0.1) is 0 Å². The van der Waals surface area contributed by atoms with E-state index in [4.69, 9.17) is 9.47 Å². The standard InChI is InChI=1S/C18H18O3/c1-20-17-10-9-14-15(18(17)21-2)8-7-12-5-3-4-6-13(12)16(14)11-19/h3-6,9-11,16H,7-8H2,1-2H3/t16-/m1/s1. The minimum absolute atomic E-state index is 0.237. The summed E-state index contributed by atoms with van der Waals surface area (Å²) >= 11 is 0. The van der Waals surface area contributed by atoms with E-state index in [2.05, 4.69) is 6.07 Å². The van der Waals surface area contributed by atoms with E-state index in [1.807, 2.05) is 30.3 Å². The predicted molar refractivity (Wildman–Crippen MR) is 81.3 cm³/mol. The maximum atomic E-state index is 11.7. The van der Waals surface area contributed by atoms with Gasteiger partial charge in [0.25, 0.3) is 0 Å². The van der Waals surface area contributed by atoms with Crippen molar-refractivity contribution >= 4 is 6.29 Å². The van der Waals surface area contributed by atoms with Gasteiger partial charge in [0.1, 0.15) is 6.29 Å². The van der Waals surface area contributed by atoms with Crippen LogP contribution in [0.15, 0.2) is 36.4 Å². The number of benzene rings is 2. The van der Waals surface area contributed by atoms with Gasteiger partial charge in [-0.05, 0) is 35.6 Å². The lowest BCUT2D eigenvalue weighted by molar-refractivity contribution is -0.108. The summed E-state index contributed by atoms with van der Waals surface area (Å²) in [7, 11) is 3.28. The van der Waals surface area contributed by atoms with Crippen molar-refractivity contribution in [2.45, 2.75) is 18.8 Å². The molecule has 1 atom stereocenters. The molecule has 3 heteroatoms. The lowest BCUT2D eigenvalue weighted by Gasteiger charge is -2.18. The van der Waals surface area contributed by atoms with Crippen molar-refractivity contribution in [1.82, 2.24) is 0 Å². The van der Waals surface area contributed by atoms with E-state index in [1.165, 1.54) is 5.56 Å². The molecule has 0 unspecified atom stereocenters. The predicted octanol–water partition coefficient (Wildman–Crippen LogP) is 3.13. The Bertz CT molecular complexity index is 676. The Balaban J connectivity index is 2.23. The van der Waals surface area contributed by atoms with Crippen molar-refractivity contribution in [3.05, 3.63) is 58.7 Å². The molecule has 21 heavy (non-hydrogen) atoms. The summed E-state index contributed by atoms with van der Waals surface area (Å²) in [5.74, 6) is 1.22. The van der Waals surface area contributed by atoms with E-state index in [1.54, 1.807) is 14.2 Å². The van der Waals surface area contributed by atoms with Gasteiger partial charge in [0.2, 0.25) is 0 Å². The summed E-state index contributed by atoms with van der Waals surface area (Å²) in [6.07, 6.45) is 2.77. The molecule has 1 aliphatic rings. The van der Waals surface area contributed by atoms with E-state index < -0.39 is 0 Å². The fourth-order valence-electron chi connectivity index (χ4n) is 3.19. The van der Waals surface area contributed by atoms with Gasteiger partial charge in [-0.25, -0.2) is 0 Å². The molecule has 1 aliphatic carbocycles. The zero-order chi connectivity index (χ0) is 14.8. The molecule has 0 radical (unpaired) electrons. The first-order chi connectivity index (χ1) is 10.3. The normalized spacial score (nSPS) is 16.4. The number of methoxy groups -OCH3 is 2. The lowest BCUT2D eigenvalue weighted by Crippen LogP contribution is -2.06. The van der Waals surface area contributed by atoms with Crippen molar-refractivity contribution in [3.8, 4) is 11.5 Å². The summed E-state index contributed by atoms with van der Waals surface area (Å²) in [5.41, 5.74) is 4.42. The molecule has 0 bridgehead atoms. The first-order valence-electron chi connectivity index (χ1n) is 7.07. The Morgan fingerprint density at radius 1 is 1.00 bits per heavy atom. The number of aldehydes is 1. The van der Waals surface area contributed by atoms with Crippen LogP contribution < -0.4 is 9.47 Å². The second kappa shape index (κ2) is 5.60. The first-order valence-corrected chi connectivity index (χ1v) is 7.07. The summed E-state index contributed by atoms with van der Waals surface area (Å²) in [4.78, 5) is 11.7. The maximum absolute atomic E-state index is 11.7. The number of hydrogen-bond donors (Lipinski definition) is 0. The molecule has 0 saturated carbocycles. The van der Waals surface area contributed by atoms with Crippen LogP contribution >= 0.6 is 0 Å². The third-order valence-corrected chi connectivity index (χ3v) is 4.19. The highest BCUT2D eigenvalue weighted by molar-refractivity contribution is 5.73. The van der Waals surface area contributed by atoms with Crippen LogP contribution in [0.1, 0.15) is 28.2 Å². The van der Waals surface area contributed by atoms with Crippen LogP contribution in [-0.4, -0.2) is 20.5 Å². The number of fused-ring (bicyclic) bond motifs is 2. The van der Waals surface area contributed by atoms with Gasteiger partial charge in [-0.2, -0.15) is 0 Å². The Morgan fingerprint density at radius 3 is 2.52 bits per heavy atom. The van der Waals surface area contributed by atoms with E-state index >= 15 is 0 Å². The topological polar surface area (TPSA) is 35.5 Å². The molecule has 0 saturated heterocycles. The largest absolute Gasteiger partial charge is 0.493 e. The molecule has 0 heterocycles. The van der Waals surface area contributed by atoms with Gasteiger partial charge in [0.15, 0.2) is 11.5 Å². The molecule has 0 aromatic heterocycles. The number of ether oxygens (including phenoxy) is 2. The van der Waals surface area contributed by atoms with Crippen molar-refractivity contribution < 1.29 is 14.3 Å². The van der Waals surface area contributed by atoms with Crippen LogP contribution in [0.5, 0.6) is 11.5 Å². The highest BCUT2D eigenvalue weighted by atomic mass is 16.5. The Labute approximate surface area is 124 Å². The first kappa shape index (κ1) is 13.7. The molecule has 2 aromatic rings. The third-order valence-electron chi connectivity index (χ3n) is 4.19. The molecule has 2 aromatic carbocycles. The third kappa shape index (κ3) is 2.19. The molecule has 108 valence electrons. The maximum Gasteiger partial charge on any atom is 0.164 e. The Kier molecular flexibility index (Phi) is 3.65. The van der Waals surface area contributed by atoms with Crippen molar-refractivity contribution in [1.29, 1.82) is 0 Å². The smallest absolute Gasteiger partial charge is 0.164 e. The highest BCUT2D eigenvalue weighted by Gasteiger charge is 2.26. The van der Waals surface area contributed by atoms with Crippen LogP contribution in [0.3, 0.4) is 0 Å². The minimum Gasteiger partial charge on any atom is -0.493 e. The van der Waals surface area contributed by atoms with Gasteiger partial charge < -0.3 is 14.3 Å². The average Bonchev–Trinajstić information content (AvgIpc) is 2.70. The molecular weight excluding hydrogens is 264 g/mol. The second-order valence-corrected chi connectivity index (χ2v) is 5.18. The van der Waals surface area contributed by atoms with Crippen molar-refractivity contribution in [2.75, 3.05) is 14.2 Å². The van der Waals surface area contributed by atoms with Crippen LogP contribution in [0.25, 0.3) is 0 Å². The van der Waals surface area contributed by atoms with Gasteiger partial charge >= 0.3 is 0 Å². The quantitative estimate of drug-likeness (QED) is 0.811. The van der Waals surface area contributed by atoms with E-state index in [0.29, 0.717) is 5.75 Å². The van der Waals surface area contributed by atoms with Crippen LogP contribution in [0.4, 0.5) is 0 Å². The zero-order valence-electron chi connectivity index (χ0n) is 12.3. The zero-order valence-corrected chi connectivity index (χ0v) is 12.3. The second-order valence-electron chi connectivity index (χ2n) is 5.18. The average molecular weight is 282 g/mol. The van der Waals surface area contributed by atoms with E-state index in [0.717, 1.165) is 41.6 Å².